The number of hydrogen-bond donors (Lipinski definition) is 2. The molecule has 5 heteroatoms. The zero-order valence-corrected chi connectivity index (χ0v) is 16.2. The van der Waals surface area contributed by atoms with E-state index in [-0.39, 0.29) is 5.78 Å². The molecule has 4 rings (SSSR count). The molecule has 2 aromatic carbocycles. The SMILES string of the molecule is CCC(=O)c1ccc(-c2ccc(N)c(NCc3ccc4ncccc4c3)n2)cc1. The molecule has 0 saturated carbocycles. The van der Waals surface area contributed by atoms with Crippen LogP contribution in [0.5, 0.6) is 0 Å². The summed E-state index contributed by atoms with van der Waals surface area (Å²) in [5, 5.41) is 4.43. The molecule has 3 N–H and O–H groups in total. The number of ketones is 1. The number of rotatable bonds is 6. The monoisotopic (exact) mass is 382 g/mol. The molecule has 0 fully saturated rings. The molecule has 144 valence electrons. The maximum absolute atomic E-state index is 11.8. The first-order valence-corrected chi connectivity index (χ1v) is 9.62. The third-order valence-corrected chi connectivity index (χ3v) is 4.88. The van der Waals surface area contributed by atoms with Gasteiger partial charge in [0.25, 0.3) is 0 Å². The number of pyridine rings is 2. The van der Waals surface area contributed by atoms with E-state index >= 15 is 0 Å². The molecular formula is C24H22N4O. The molecule has 0 saturated heterocycles. The summed E-state index contributed by atoms with van der Waals surface area (Å²) in [5.41, 5.74) is 11.3. The number of hydrogen-bond acceptors (Lipinski definition) is 5. The molecule has 0 aliphatic heterocycles. The number of anilines is 2. The lowest BCUT2D eigenvalue weighted by Gasteiger charge is -2.11. The van der Waals surface area contributed by atoms with Crippen LogP contribution in [-0.4, -0.2) is 15.8 Å². The van der Waals surface area contributed by atoms with Gasteiger partial charge < -0.3 is 11.1 Å². The molecule has 2 heterocycles. The van der Waals surface area contributed by atoms with Crippen molar-refractivity contribution in [1.29, 1.82) is 0 Å². The van der Waals surface area contributed by atoms with Crippen molar-refractivity contribution in [2.75, 3.05) is 11.1 Å². The molecule has 0 amide bonds. The van der Waals surface area contributed by atoms with Crippen molar-refractivity contribution in [2.24, 2.45) is 0 Å². The molecule has 0 spiro atoms. The predicted molar refractivity (Wildman–Crippen MR) is 118 cm³/mol. The van der Waals surface area contributed by atoms with E-state index in [0.717, 1.165) is 33.3 Å². The van der Waals surface area contributed by atoms with E-state index < -0.39 is 0 Å². The van der Waals surface area contributed by atoms with Gasteiger partial charge in [0.15, 0.2) is 5.78 Å². The highest BCUT2D eigenvalue weighted by atomic mass is 16.1. The highest BCUT2D eigenvalue weighted by Gasteiger charge is 2.08. The lowest BCUT2D eigenvalue weighted by atomic mass is 10.0. The van der Waals surface area contributed by atoms with Gasteiger partial charge in [-0.1, -0.05) is 43.3 Å². The van der Waals surface area contributed by atoms with Crippen molar-refractivity contribution >= 4 is 28.2 Å². The number of benzene rings is 2. The first-order chi connectivity index (χ1) is 14.1. The van der Waals surface area contributed by atoms with Gasteiger partial charge in [-0.3, -0.25) is 9.78 Å². The van der Waals surface area contributed by atoms with Gasteiger partial charge in [0.1, 0.15) is 5.82 Å². The van der Waals surface area contributed by atoms with E-state index in [0.29, 0.717) is 24.5 Å². The molecule has 2 aromatic heterocycles. The first kappa shape index (κ1) is 18.6. The quantitative estimate of drug-likeness (QED) is 0.454. The van der Waals surface area contributed by atoms with Crippen LogP contribution in [0.2, 0.25) is 0 Å². The van der Waals surface area contributed by atoms with Crippen LogP contribution in [0, 0.1) is 0 Å². The van der Waals surface area contributed by atoms with Crippen molar-refractivity contribution in [2.45, 2.75) is 19.9 Å². The molecule has 5 nitrogen and oxygen atoms in total. The Morgan fingerprint density at radius 3 is 2.66 bits per heavy atom. The second-order valence-electron chi connectivity index (χ2n) is 6.87. The fraction of sp³-hybridized carbons (Fsp3) is 0.125. The summed E-state index contributed by atoms with van der Waals surface area (Å²) in [4.78, 5) is 20.8. The Morgan fingerprint density at radius 2 is 1.86 bits per heavy atom. The van der Waals surface area contributed by atoms with Crippen LogP contribution in [0.4, 0.5) is 11.5 Å². The van der Waals surface area contributed by atoms with Gasteiger partial charge in [-0.05, 0) is 35.9 Å². The van der Waals surface area contributed by atoms with E-state index in [1.807, 2.05) is 67.6 Å². The molecule has 0 aliphatic rings. The summed E-state index contributed by atoms with van der Waals surface area (Å²) in [7, 11) is 0. The van der Waals surface area contributed by atoms with Crippen LogP contribution in [0.3, 0.4) is 0 Å². The minimum atomic E-state index is 0.134. The number of carbonyl (C=O) groups is 1. The van der Waals surface area contributed by atoms with Gasteiger partial charge in [-0.2, -0.15) is 0 Å². The van der Waals surface area contributed by atoms with Gasteiger partial charge in [0.05, 0.1) is 16.9 Å². The molecule has 29 heavy (non-hydrogen) atoms. The number of carbonyl (C=O) groups excluding carboxylic acids is 1. The van der Waals surface area contributed by atoms with Crippen LogP contribution < -0.4 is 11.1 Å². The zero-order chi connectivity index (χ0) is 20.2. The highest BCUT2D eigenvalue weighted by molar-refractivity contribution is 5.96. The Hall–Kier alpha value is -3.73. The summed E-state index contributed by atoms with van der Waals surface area (Å²) >= 11 is 0. The molecule has 0 atom stereocenters. The third kappa shape index (κ3) is 4.09. The largest absolute Gasteiger partial charge is 0.396 e. The van der Waals surface area contributed by atoms with E-state index in [9.17, 15) is 4.79 Å². The number of nitrogen functional groups attached to an aromatic ring is 1. The van der Waals surface area contributed by atoms with Crippen molar-refractivity contribution < 1.29 is 4.79 Å². The Labute approximate surface area is 169 Å². The average molecular weight is 382 g/mol. The van der Waals surface area contributed by atoms with Crippen LogP contribution >= 0.6 is 0 Å². The average Bonchev–Trinajstić information content (AvgIpc) is 2.78. The zero-order valence-electron chi connectivity index (χ0n) is 16.2. The van der Waals surface area contributed by atoms with Gasteiger partial charge in [0.2, 0.25) is 0 Å². The topological polar surface area (TPSA) is 80.9 Å². The maximum Gasteiger partial charge on any atom is 0.162 e. The van der Waals surface area contributed by atoms with Crippen LogP contribution in [0.1, 0.15) is 29.3 Å². The van der Waals surface area contributed by atoms with Crippen LogP contribution in [0.15, 0.2) is 72.9 Å². The Morgan fingerprint density at radius 1 is 1.03 bits per heavy atom. The number of aromatic nitrogens is 2. The van der Waals surface area contributed by atoms with Crippen LogP contribution in [0.25, 0.3) is 22.2 Å². The first-order valence-electron chi connectivity index (χ1n) is 9.62. The number of Topliss-reactive ketones (excluding diaryl/α,β-unsaturated/α-hetero) is 1. The minimum absolute atomic E-state index is 0.134. The summed E-state index contributed by atoms with van der Waals surface area (Å²) in [6, 6.07) is 21.4. The molecule has 0 unspecified atom stereocenters. The predicted octanol–water partition coefficient (Wildman–Crippen LogP) is 5.08. The van der Waals surface area contributed by atoms with Gasteiger partial charge in [0, 0.05) is 35.7 Å². The number of nitrogens with one attached hydrogen (secondary N) is 1. The van der Waals surface area contributed by atoms with Crippen molar-refractivity contribution in [1.82, 2.24) is 9.97 Å². The van der Waals surface area contributed by atoms with E-state index in [1.54, 1.807) is 6.20 Å². The van der Waals surface area contributed by atoms with Gasteiger partial charge in [-0.15, -0.1) is 0 Å². The fourth-order valence-corrected chi connectivity index (χ4v) is 3.22. The second-order valence-corrected chi connectivity index (χ2v) is 6.87. The summed E-state index contributed by atoms with van der Waals surface area (Å²) < 4.78 is 0. The standard InChI is InChI=1S/C24H22N4O/c1-2-23(29)18-8-6-17(7-9-18)22-12-10-20(25)24(28-22)27-15-16-5-11-21-19(14-16)4-3-13-26-21/h3-14H,2,15,25H2,1H3,(H,27,28). The summed E-state index contributed by atoms with van der Waals surface area (Å²) in [5.74, 6) is 0.775. The van der Waals surface area contributed by atoms with E-state index in [1.165, 1.54) is 0 Å². The summed E-state index contributed by atoms with van der Waals surface area (Å²) in [6.07, 6.45) is 2.29. The van der Waals surface area contributed by atoms with E-state index in [4.69, 9.17) is 5.73 Å². The second kappa shape index (κ2) is 8.10. The molecular weight excluding hydrogens is 360 g/mol. The maximum atomic E-state index is 11.8. The Balaban J connectivity index is 1.54. The Kier molecular flexibility index (Phi) is 5.20. The summed E-state index contributed by atoms with van der Waals surface area (Å²) in [6.45, 7) is 2.47. The van der Waals surface area contributed by atoms with Crippen LogP contribution in [-0.2, 0) is 6.54 Å². The lowest BCUT2D eigenvalue weighted by Crippen LogP contribution is -2.05. The molecule has 4 aromatic rings. The Bertz CT molecular complexity index is 1170. The number of fused-ring (bicyclic) bond motifs is 1. The molecule has 0 radical (unpaired) electrons. The van der Waals surface area contributed by atoms with Crippen molar-refractivity contribution in [3.05, 3.63) is 84.1 Å². The minimum Gasteiger partial charge on any atom is -0.396 e. The van der Waals surface area contributed by atoms with Gasteiger partial charge >= 0.3 is 0 Å². The van der Waals surface area contributed by atoms with E-state index in [2.05, 4.69) is 21.4 Å². The lowest BCUT2D eigenvalue weighted by molar-refractivity contribution is 0.0988. The highest BCUT2D eigenvalue weighted by Crippen LogP contribution is 2.24. The van der Waals surface area contributed by atoms with Crippen molar-refractivity contribution in [3.63, 3.8) is 0 Å². The number of nitrogens with zero attached hydrogens (tertiary/aromatic N) is 2. The molecule has 0 aliphatic carbocycles. The third-order valence-electron chi connectivity index (χ3n) is 4.88. The van der Waals surface area contributed by atoms with Crippen molar-refractivity contribution in [3.8, 4) is 11.3 Å². The number of nitrogens with two attached hydrogens (primary N) is 1. The van der Waals surface area contributed by atoms with Gasteiger partial charge in [-0.25, -0.2) is 4.98 Å². The smallest absolute Gasteiger partial charge is 0.162 e. The normalized spacial score (nSPS) is 10.8. The fourth-order valence-electron chi connectivity index (χ4n) is 3.22. The molecule has 0 bridgehead atoms.